The molecule has 2 aromatic carbocycles. The molecule has 0 saturated carbocycles. The second kappa shape index (κ2) is 6.58. The summed E-state index contributed by atoms with van der Waals surface area (Å²) >= 11 is 0. The van der Waals surface area contributed by atoms with E-state index in [4.69, 9.17) is 0 Å². The Bertz CT molecular complexity index is 801. The maximum atomic E-state index is 12.5. The van der Waals surface area contributed by atoms with E-state index in [1.54, 1.807) is 4.90 Å². The first kappa shape index (κ1) is 17.0. The lowest BCUT2D eigenvalue weighted by Crippen LogP contribution is -2.32. The number of nitrogens with one attached hydrogen (secondary N) is 1. The van der Waals surface area contributed by atoms with E-state index in [9.17, 15) is 22.8 Å². The summed E-state index contributed by atoms with van der Waals surface area (Å²) in [6.07, 6.45) is -4.06. The van der Waals surface area contributed by atoms with Crippen LogP contribution in [0.1, 0.15) is 17.5 Å². The van der Waals surface area contributed by atoms with Crippen LogP contribution in [0.2, 0.25) is 0 Å². The van der Waals surface area contributed by atoms with Gasteiger partial charge in [-0.25, -0.2) is 0 Å². The molecule has 0 aliphatic carbocycles. The maximum absolute atomic E-state index is 12.5. The maximum Gasteiger partial charge on any atom is 0.416 e. The smallest absolute Gasteiger partial charge is 0.326 e. The molecule has 25 heavy (non-hydrogen) atoms. The van der Waals surface area contributed by atoms with Gasteiger partial charge in [0, 0.05) is 17.9 Å². The Morgan fingerprint density at radius 2 is 1.72 bits per heavy atom. The van der Waals surface area contributed by atoms with Crippen molar-refractivity contribution in [2.24, 2.45) is 0 Å². The van der Waals surface area contributed by atoms with E-state index in [0.717, 1.165) is 41.9 Å². The molecule has 0 atom stereocenters. The zero-order valence-corrected chi connectivity index (χ0v) is 13.1. The van der Waals surface area contributed by atoms with Gasteiger partial charge in [-0.15, -0.1) is 0 Å². The van der Waals surface area contributed by atoms with E-state index in [-0.39, 0.29) is 18.0 Å². The molecule has 4 nitrogen and oxygen atoms in total. The molecule has 1 heterocycles. The quantitative estimate of drug-likeness (QED) is 0.862. The number of benzene rings is 2. The molecule has 0 radical (unpaired) electrons. The second-order valence-electron chi connectivity index (χ2n) is 5.72. The van der Waals surface area contributed by atoms with Gasteiger partial charge in [0.1, 0.15) is 6.42 Å². The van der Waals surface area contributed by atoms with Gasteiger partial charge < -0.3 is 10.2 Å². The molecule has 7 heteroatoms. The Kier molecular flexibility index (Phi) is 4.48. The lowest BCUT2D eigenvalue weighted by atomic mass is 10.2. The number of para-hydroxylation sites is 1. The molecule has 1 aliphatic rings. The van der Waals surface area contributed by atoms with Crippen LogP contribution in [0.4, 0.5) is 24.5 Å². The summed E-state index contributed by atoms with van der Waals surface area (Å²) < 4.78 is 37.5. The van der Waals surface area contributed by atoms with E-state index in [2.05, 4.69) is 5.32 Å². The number of carbonyl (C=O) groups is 2. The monoisotopic (exact) mass is 348 g/mol. The van der Waals surface area contributed by atoms with Crippen molar-refractivity contribution in [3.8, 4) is 0 Å². The summed E-state index contributed by atoms with van der Waals surface area (Å²) in [6, 6.07) is 11.6. The van der Waals surface area contributed by atoms with Gasteiger partial charge in [-0.1, -0.05) is 18.2 Å². The largest absolute Gasteiger partial charge is 0.416 e. The molecule has 1 aliphatic heterocycles. The molecule has 0 unspecified atom stereocenters. The predicted molar refractivity (Wildman–Crippen MR) is 87.2 cm³/mol. The van der Waals surface area contributed by atoms with Crippen molar-refractivity contribution in [3.63, 3.8) is 0 Å². The van der Waals surface area contributed by atoms with Crippen LogP contribution in [0, 0.1) is 0 Å². The first-order valence-electron chi connectivity index (χ1n) is 7.70. The second-order valence-corrected chi connectivity index (χ2v) is 5.72. The Labute approximate surface area is 142 Å². The molecular weight excluding hydrogens is 333 g/mol. The zero-order chi connectivity index (χ0) is 18.0. The van der Waals surface area contributed by atoms with Gasteiger partial charge in [0.15, 0.2) is 0 Å². The van der Waals surface area contributed by atoms with Gasteiger partial charge in [0.2, 0.25) is 11.8 Å². The average molecular weight is 348 g/mol. The zero-order valence-electron chi connectivity index (χ0n) is 13.1. The van der Waals surface area contributed by atoms with Crippen LogP contribution in [-0.4, -0.2) is 18.4 Å². The lowest BCUT2D eigenvalue weighted by Gasteiger charge is -2.17. The minimum absolute atomic E-state index is 0.215. The number of rotatable bonds is 3. The minimum atomic E-state index is -4.43. The van der Waals surface area contributed by atoms with Gasteiger partial charge in [0.05, 0.1) is 5.56 Å². The fourth-order valence-electron chi connectivity index (χ4n) is 2.78. The molecule has 0 saturated heterocycles. The van der Waals surface area contributed by atoms with Gasteiger partial charge in [-0.3, -0.25) is 9.59 Å². The Morgan fingerprint density at radius 3 is 2.40 bits per heavy atom. The third-order valence-electron chi connectivity index (χ3n) is 4.00. The van der Waals surface area contributed by atoms with Crippen LogP contribution in [-0.2, 0) is 22.2 Å². The molecule has 0 fully saturated rings. The lowest BCUT2D eigenvalue weighted by molar-refractivity contribution is -0.137. The van der Waals surface area contributed by atoms with Crippen molar-refractivity contribution in [3.05, 3.63) is 59.7 Å². The van der Waals surface area contributed by atoms with E-state index < -0.39 is 17.6 Å². The van der Waals surface area contributed by atoms with Gasteiger partial charge in [-0.2, -0.15) is 13.2 Å². The first-order valence-corrected chi connectivity index (χ1v) is 7.70. The highest BCUT2D eigenvalue weighted by Crippen LogP contribution is 2.30. The Balaban J connectivity index is 1.60. The molecule has 2 amide bonds. The van der Waals surface area contributed by atoms with Crippen molar-refractivity contribution in [1.29, 1.82) is 0 Å². The standard InChI is InChI=1S/C18H15F3N2O2/c19-18(20,21)13-5-7-14(8-6-13)22-16(24)11-17(25)23-10-9-12-3-1-2-4-15(12)23/h1-8H,9-11H2,(H,22,24). The highest BCUT2D eigenvalue weighted by molar-refractivity contribution is 6.09. The topological polar surface area (TPSA) is 49.4 Å². The summed E-state index contributed by atoms with van der Waals surface area (Å²) in [7, 11) is 0. The highest BCUT2D eigenvalue weighted by Gasteiger charge is 2.30. The number of amides is 2. The number of halogens is 3. The SMILES string of the molecule is O=C(CC(=O)N1CCc2ccccc21)Nc1ccc(C(F)(F)F)cc1. The normalized spacial score (nSPS) is 13.5. The average Bonchev–Trinajstić information content (AvgIpc) is 2.98. The molecule has 0 aromatic heterocycles. The number of anilines is 2. The highest BCUT2D eigenvalue weighted by atomic mass is 19.4. The van der Waals surface area contributed by atoms with Crippen LogP contribution in [0.15, 0.2) is 48.5 Å². The summed E-state index contributed by atoms with van der Waals surface area (Å²) in [5.41, 5.74) is 1.27. The van der Waals surface area contributed by atoms with Crippen LogP contribution < -0.4 is 10.2 Å². The van der Waals surface area contributed by atoms with Crippen LogP contribution in [0.5, 0.6) is 0 Å². The van der Waals surface area contributed by atoms with Gasteiger partial charge >= 0.3 is 6.18 Å². The van der Waals surface area contributed by atoms with Crippen molar-refractivity contribution < 1.29 is 22.8 Å². The molecule has 0 spiro atoms. The van der Waals surface area contributed by atoms with Gasteiger partial charge in [-0.05, 0) is 42.3 Å². The fraction of sp³-hybridized carbons (Fsp3) is 0.222. The van der Waals surface area contributed by atoms with E-state index in [0.29, 0.717) is 6.54 Å². The molecule has 0 bridgehead atoms. The van der Waals surface area contributed by atoms with E-state index in [1.165, 1.54) is 0 Å². The molecule has 3 rings (SSSR count). The number of alkyl halides is 3. The fourth-order valence-corrected chi connectivity index (χ4v) is 2.78. The van der Waals surface area contributed by atoms with Crippen molar-refractivity contribution in [2.45, 2.75) is 19.0 Å². The van der Waals surface area contributed by atoms with Crippen molar-refractivity contribution in [1.82, 2.24) is 0 Å². The molecule has 1 N–H and O–H groups in total. The molecule has 130 valence electrons. The van der Waals surface area contributed by atoms with E-state index in [1.807, 2.05) is 24.3 Å². The van der Waals surface area contributed by atoms with Crippen LogP contribution >= 0.6 is 0 Å². The minimum Gasteiger partial charge on any atom is -0.326 e. The third kappa shape index (κ3) is 3.81. The first-order chi connectivity index (χ1) is 11.8. The van der Waals surface area contributed by atoms with E-state index >= 15 is 0 Å². The van der Waals surface area contributed by atoms with Gasteiger partial charge in [0.25, 0.3) is 0 Å². The van der Waals surface area contributed by atoms with Crippen LogP contribution in [0.3, 0.4) is 0 Å². The number of carbonyl (C=O) groups excluding carboxylic acids is 2. The number of hydrogen-bond acceptors (Lipinski definition) is 2. The van der Waals surface area contributed by atoms with Crippen LogP contribution in [0.25, 0.3) is 0 Å². The number of fused-ring (bicyclic) bond motifs is 1. The summed E-state index contributed by atoms with van der Waals surface area (Å²) in [4.78, 5) is 25.9. The Hall–Kier alpha value is -2.83. The third-order valence-corrected chi connectivity index (χ3v) is 4.00. The number of nitrogens with zero attached hydrogens (tertiary/aromatic N) is 1. The van der Waals surface area contributed by atoms with Crippen molar-refractivity contribution in [2.75, 3.05) is 16.8 Å². The molecular formula is C18H15F3N2O2. The number of hydrogen-bond donors (Lipinski definition) is 1. The predicted octanol–water partition coefficient (Wildman–Crippen LogP) is 3.62. The summed E-state index contributed by atoms with van der Waals surface area (Å²) in [5.74, 6) is -0.900. The summed E-state index contributed by atoms with van der Waals surface area (Å²) in [5, 5.41) is 2.45. The molecule has 2 aromatic rings. The van der Waals surface area contributed by atoms with Crippen molar-refractivity contribution >= 4 is 23.2 Å². The summed E-state index contributed by atoms with van der Waals surface area (Å²) in [6.45, 7) is 0.520. The Morgan fingerprint density at radius 1 is 1.04 bits per heavy atom.